The maximum Gasteiger partial charge on any atom is 0.333 e. The first-order valence-corrected chi connectivity index (χ1v) is 14.0. The molecular weight excluding hydrogens is 488 g/mol. The highest BCUT2D eigenvalue weighted by atomic mass is 16.6. The first-order valence-electron chi connectivity index (χ1n) is 14.0. The number of ether oxygens (including phenoxy) is 2. The second-order valence-electron chi connectivity index (χ2n) is 13.2. The van der Waals surface area contributed by atoms with E-state index in [4.69, 9.17) is 9.47 Å². The fraction of sp³-hybridized carbons (Fsp3) is 0.767. The molecule has 11 atom stereocenters. The van der Waals surface area contributed by atoms with Crippen LogP contribution < -0.4 is 0 Å². The number of carbonyl (C=O) groups is 3. The van der Waals surface area contributed by atoms with Crippen molar-refractivity contribution >= 4 is 17.7 Å². The zero-order valence-electron chi connectivity index (χ0n) is 23.3. The van der Waals surface area contributed by atoms with Crippen LogP contribution in [0.15, 0.2) is 23.3 Å². The average Bonchev–Trinajstić information content (AvgIpc) is 3.07. The standard InChI is InChI=1S/C30H42O8/c1-15-12-22(38-26(34)16(15)2)17(3)20-14-25(37-18(4)31)30(36)21-13-24(33)29(35)10-7-8-23(32)28(29,6)19(21)9-11-27(20,30)5/h7-8,17,19-22,24-25,33,35-36H,9-14H2,1-6H3/t17-,19-,20-,21+,22+,24+,25-,27+,28-,29-,30+/m0/s1. The van der Waals surface area contributed by atoms with Crippen molar-refractivity contribution in [3.8, 4) is 0 Å². The molecule has 0 radical (unpaired) electrons. The quantitative estimate of drug-likeness (QED) is 0.475. The molecule has 3 fully saturated rings. The third kappa shape index (κ3) is 3.35. The van der Waals surface area contributed by atoms with Crippen molar-refractivity contribution in [3.05, 3.63) is 23.3 Å². The van der Waals surface area contributed by atoms with E-state index >= 15 is 0 Å². The summed E-state index contributed by atoms with van der Waals surface area (Å²) >= 11 is 0. The Bertz CT molecular complexity index is 1130. The average molecular weight is 531 g/mol. The van der Waals surface area contributed by atoms with Crippen LogP contribution in [0.3, 0.4) is 0 Å². The van der Waals surface area contributed by atoms with Crippen LogP contribution in [0.25, 0.3) is 0 Å². The van der Waals surface area contributed by atoms with E-state index in [1.165, 1.54) is 13.0 Å². The molecule has 3 saturated carbocycles. The van der Waals surface area contributed by atoms with E-state index in [9.17, 15) is 29.7 Å². The Morgan fingerprint density at radius 1 is 1.16 bits per heavy atom. The SMILES string of the molecule is CC(=O)O[C@H]1C[C@@H]([C@H](C)[C@H]2CC(C)=C(C)C(=O)O2)[C@@]2(C)CC[C@H]3[C@@H](C[C@@H](O)[C@@]4(O)CC=CC(=O)[C@]34C)[C@@]12O. The predicted molar refractivity (Wildman–Crippen MR) is 137 cm³/mol. The molecule has 38 heavy (non-hydrogen) atoms. The lowest BCUT2D eigenvalue weighted by Crippen LogP contribution is -2.74. The normalized spacial score (nSPS) is 49.1. The van der Waals surface area contributed by atoms with Crippen LogP contribution in [0.2, 0.25) is 0 Å². The highest BCUT2D eigenvalue weighted by Gasteiger charge is 2.76. The molecule has 0 amide bonds. The number of hydrogen-bond donors (Lipinski definition) is 3. The van der Waals surface area contributed by atoms with Gasteiger partial charge in [-0.2, -0.15) is 0 Å². The zero-order chi connectivity index (χ0) is 28.0. The predicted octanol–water partition coefficient (Wildman–Crippen LogP) is 3.02. The van der Waals surface area contributed by atoms with Gasteiger partial charge in [0.1, 0.15) is 23.4 Å². The number of hydrogen-bond acceptors (Lipinski definition) is 8. The van der Waals surface area contributed by atoms with Crippen LogP contribution in [0.1, 0.15) is 80.1 Å². The lowest BCUT2D eigenvalue weighted by molar-refractivity contribution is -0.279. The molecule has 0 unspecified atom stereocenters. The number of ketones is 1. The van der Waals surface area contributed by atoms with Crippen LogP contribution in [-0.2, 0) is 23.9 Å². The Labute approximate surface area is 224 Å². The van der Waals surface area contributed by atoms with Gasteiger partial charge in [-0.05, 0) is 82.6 Å². The number of carbonyl (C=O) groups excluding carboxylic acids is 3. The summed E-state index contributed by atoms with van der Waals surface area (Å²) in [6, 6.07) is 0. The molecule has 1 aliphatic heterocycles. The second kappa shape index (κ2) is 8.73. The minimum Gasteiger partial charge on any atom is -0.459 e. The fourth-order valence-corrected chi connectivity index (χ4v) is 9.33. The Hall–Kier alpha value is -2.03. The highest BCUT2D eigenvalue weighted by molar-refractivity contribution is 5.97. The number of aliphatic hydroxyl groups excluding tert-OH is 1. The molecule has 0 spiro atoms. The molecule has 4 aliphatic carbocycles. The number of allylic oxidation sites excluding steroid dienone is 1. The number of aliphatic hydroxyl groups is 3. The van der Waals surface area contributed by atoms with Crippen molar-refractivity contribution in [2.75, 3.05) is 0 Å². The van der Waals surface area contributed by atoms with E-state index in [0.717, 1.165) is 5.57 Å². The van der Waals surface area contributed by atoms with Crippen molar-refractivity contribution < 1.29 is 39.2 Å². The van der Waals surface area contributed by atoms with Gasteiger partial charge in [0.05, 0.1) is 11.5 Å². The van der Waals surface area contributed by atoms with Crippen molar-refractivity contribution in [1.29, 1.82) is 0 Å². The second-order valence-corrected chi connectivity index (χ2v) is 13.2. The molecule has 8 heteroatoms. The van der Waals surface area contributed by atoms with Gasteiger partial charge in [0.15, 0.2) is 5.78 Å². The van der Waals surface area contributed by atoms with E-state index in [0.29, 0.717) is 31.3 Å². The first kappa shape index (κ1) is 27.5. The van der Waals surface area contributed by atoms with Crippen molar-refractivity contribution in [1.82, 2.24) is 0 Å². The molecule has 0 saturated heterocycles. The molecule has 0 aromatic rings. The maximum absolute atomic E-state index is 13.4. The maximum atomic E-state index is 13.4. The minimum atomic E-state index is -1.62. The molecular formula is C30H42O8. The van der Waals surface area contributed by atoms with E-state index < -0.39 is 52.0 Å². The zero-order valence-corrected chi connectivity index (χ0v) is 23.3. The van der Waals surface area contributed by atoms with Crippen molar-refractivity contribution in [2.45, 2.75) is 110 Å². The Balaban J connectivity index is 1.57. The topological polar surface area (TPSA) is 130 Å². The number of esters is 2. The van der Waals surface area contributed by atoms with Crippen LogP contribution in [0, 0.1) is 34.5 Å². The van der Waals surface area contributed by atoms with Gasteiger partial charge in [-0.1, -0.05) is 25.5 Å². The van der Waals surface area contributed by atoms with Gasteiger partial charge in [-0.25, -0.2) is 4.79 Å². The van der Waals surface area contributed by atoms with Gasteiger partial charge in [0, 0.05) is 24.3 Å². The summed E-state index contributed by atoms with van der Waals surface area (Å²) in [6.45, 7) is 10.8. The van der Waals surface area contributed by atoms with Crippen LogP contribution in [0.5, 0.6) is 0 Å². The minimum absolute atomic E-state index is 0.0995. The fourth-order valence-electron chi connectivity index (χ4n) is 9.33. The van der Waals surface area contributed by atoms with Gasteiger partial charge in [0.25, 0.3) is 0 Å². The van der Waals surface area contributed by atoms with Crippen molar-refractivity contribution in [3.63, 3.8) is 0 Å². The monoisotopic (exact) mass is 530 g/mol. The van der Waals surface area contributed by atoms with E-state index in [1.54, 1.807) is 19.9 Å². The molecule has 210 valence electrons. The summed E-state index contributed by atoms with van der Waals surface area (Å²) in [4.78, 5) is 38.2. The summed E-state index contributed by atoms with van der Waals surface area (Å²) in [6.07, 6.45) is 3.06. The third-order valence-electron chi connectivity index (χ3n) is 11.8. The van der Waals surface area contributed by atoms with Gasteiger partial charge in [-0.3, -0.25) is 9.59 Å². The van der Waals surface area contributed by atoms with E-state index in [1.807, 2.05) is 20.8 Å². The summed E-state index contributed by atoms with van der Waals surface area (Å²) in [5, 5.41) is 35.8. The van der Waals surface area contributed by atoms with Crippen molar-refractivity contribution in [2.24, 2.45) is 34.5 Å². The Morgan fingerprint density at radius 3 is 2.47 bits per heavy atom. The molecule has 3 N–H and O–H groups in total. The van der Waals surface area contributed by atoms with Crippen LogP contribution in [-0.4, -0.2) is 62.6 Å². The number of cyclic esters (lactones) is 1. The smallest absolute Gasteiger partial charge is 0.333 e. The summed E-state index contributed by atoms with van der Waals surface area (Å²) in [5.41, 5.74) is -3.54. The molecule has 5 rings (SSSR count). The third-order valence-corrected chi connectivity index (χ3v) is 11.8. The van der Waals surface area contributed by atoms with Crippen LogP contribution >= 0.6 is 0 Å². The molecule has 0 bridgehead atoms. The van der Waals surface area contributed by atoms with Gasteiger partial charge < -0.3 is 24.8 Å². The van der Waals surface area contributed by atoms with Crippen LogP contribution in [0.4, 0.5) is 0 Å². The summed E-state index contributed by atoms with van der Waals surface area (Å²) < 4.78 is 11.7. The Kier molecular flexibility index (Phi) is 6.33. The summed E-state index contributed by atoms with van der Waals surface area (Å²) in [7, 11) is 0. The summed E-state index contributed by atoms with van der Waals surface area (Å²) in [5.74, 6) is -2.32. The molecule has 8 nitrogen and oxygen atoms in total. The van der Waals surface area contributed by atoms with E-state index in [2.05, 4.69) is 0 Å². The molecule has 1 heterocycles. The van der Waals surface area contributed by atoms with Gasteiger partial charge in [0.2, 0.25) is 0 Å². The van der Waals surface area contributed by atoms with E-state index in [-0.39, 0.29) is 42.5 Å². The molecule has 5 aliphatic rings. The molecule has 0 aromatic carbocycles. The largest absolute Gasteiger partial charge is 0.459 e. The number of fused-ring (bicyclic) bond motifs is 5. The number of rotatable bonds is 3. The molecule has 0 aromatic heterocycles. The lowest BCUT2D eigenvalue weighted by atomic mass is 9.41. The van der Waals surface area contributed by atoms with Gasteiger partial charge in [-0.15, -0.1) is 0 Å². The first-order chi connectivity index (χ1) is 17.6. The highest BCUT2D eigenvalue weighted by Crippen LogP contribution is 2.70. The van der Waals surface area contributed by atoms with Gasteiger partial charge >= 0.3 is 11.9 Å². The lowest BCUT2D eigenvalue weighted by Gasteiger charge is -2.65. The Morgan fingerprint density at radius 2 is 1.84 bits per heavy atom.